The van der Waals surface area contributed by atoms with Crippen LogP contribution in [0.15, 0.2) is 63.9 Å². The lowest BCUT2D eigenvalue weighted by molar-refractivity contribution is 0.422. The first-order chi connectivity index (χ1) is 16.7. The standard InChI is InChI=1S/C24H21F2N3O5S/c1-3-28-35(31,32)29-20-8-4-6-15(22(20)26)12-18-14(2)17-10-9-16(13-21(17)34-24(18)30)33-23-19(25)7-5-11-27-23/h4-11,13,28-29H,3,12H2,1-2H3. The number of hydrogen-bond donors (Lipinski definition) is 2. The lowest BCUT2D eigenvalue weighted by atomic mass is 9.99. The molecule has 0 saturated carbocycles. The Labute approximate surface area is 199 Å². The van der Waals surface area contributed by atoms with Crippen molar-refractivity contribution in [1.82, 2.24) is 9.71 Å². The van der Waals surface area contributed by atoms with Crippen molar-refractivity contribution in [3.63, 3.8) is 0 Å². The van der Waals surface area contributed by atoms with Crippen LogP contribution >= 0.6 is 0 Å². The molecule has 4 rings (SSSR count). The molecular formula is C24H21F2N3O5S. The molecule has 35 heavy (non-hydrogen) atoms. The number of fused-ring (bicyclic) bond motifs is 1. The number of anilines is 1. The Morgan fingerprint density at radius 3 is 2.66 bits per heavy atom. The molecule has 8 nitrogen and oxygen atoms in total. The number of nitrogens with zero attached hydrogens (tertiary/aromatic N) is 1. The van der Waals surface area contributed by atoms with Gasteiger partial charge in [0, 0.05) is 36.2 Å². The maximum absolute atomic E-state index is 15.1. The van der Waals surface area contributed by atoms with Gasteiger partial charge in [0.05, 0.1) is 5.69 Å². The van der Waals surface area contributed by atoms with Crippen LogP contribution in [0.3, 0.4) is 0 Å². The predicted octanol–water partition coefficient (Wildman–Crippen LogP) is 4.42. The van der Waals surface area contributed by atoms with Gasteiger partial charge in [-0.1, -0.05) is 19.1 Å². The van der Waals surface area contributed by atoms with Gasteiger partial charge in [0.1, 0.15) is 11.3 Å². The molecule has 2 aromatic heterocycles. The summed E-state index contributed by atoms with van der Waals surface area (Å²) in [6, 6.07) is 11.5. The van der Waals surface area contributed by atoms with E-state index in [2.05, 4.69) is 14.4 Å². The van der Waals surface area contributed by atoms with Crippen molar-refractivity contribution in [2.45, 2.75) is 20.3 Å². The molecule has 0 spiro atoms. The van der Waals surface area contributed by atoms with Crippen molar-refractivity contribution in [2.75, 3.05) is 11.3 Å². The van der Waals surface area contributed by atoms with E-state index in [1.807, 2.05) is 0 Å². The molecule has 0 aliphatic heterocycles. The highest BCUT2D eigenvalue weighted by Gasteiger charge is 2.18. The van der Waals surface area contributed by atoms with Crippen LogP contribution in [0.2, 0.25) is 0 Å². The van der Waals surface area contributed by atoms with Crippen molar-refractivity contribution >= 4 is 26.9 Å². The molecule has 2 N–H and O–H groups in total. The molecule has 0 bridgehead atoms. The molecule has 0 atom stereocenters. The van der Waals surface area contributed by atoms with Crippen LogP contribution < -0.4 is 19.8 Å². The van der Waals surface area contributed by atoms with Gasteiger partial charge >= 0.3 is 5.63 Å². The quantitative estimate of drug-likeness (QED) is 0.346. The van der Waals surface area contributed by atoms with E-state index in [1.165, 1.54) is 42.6 Å². The smallest absolute Gasteiger partial charge is 0.340 e. The third-order valence-corrected chi connectivity index (χ3v) is 6.38. The summed E-state index contributed by atoms with van der Waals surface area (Å²) in [6.45, 7) is 3.43. The van der Waals surface area contributed by atoms with Crippen LogP contribution in [0, 0.1) is 18.6 Å². The number of aromatic nitrogens is 1. The summed E-state index contributed by atoms with van der Waals surface area (Å²) in [5.74, 6) is -1.44. The zero-order valence-electron chi connectivity index (χ0n) is 18.8. The lowest BCUT2D eigenvalue weighted by Gasteiger charge is -2.13. The molecule has 182 valence electrons. The van der Waals surface area contributed by atoms with E-state index in [4.69, 9.17) is 9.15 Å². The van der Waals surface area contributed by atoms with Crippen LogP contribution in [0.4, 0.5) is 14.5 Å². The van der Waals surface area contributed by atoms with E-state index in [1.54, 1.807) is 26.0 Å². The van der Waals surface area contributed by atoms with Crippen LogP contribution in [0.1, 0.15) is 23.6 Å². The van der Waals surface area contributed by atoms with Gasteiger partial charge in [-0.3, -0.25) is 4.72 Å². The van der Waals surface area contributed by atoms with Crippen LogP contribution in [0.5, 0.6) is 11.6 Å². The van der Waals surface area contributed by atoms with E-state index >= 15 is 4.39 Å². The van der Waals surface area contributed by atoms with Crippen molar-refractivity contribution in [3.05, 3.63) is 93.5 Å². The second kappa shape index (κ2) is 9.80. The minimum Gasteiger partial charge on any atom is -0.436 e. The van der Waals surface area contributed by atoms with Crippen molar-refractivity contribution < 1.29 is 26.4 Å². The molecule has 0 amide bonds. The highest BCUT2D eigenvalue weighted by atomic mass is 32.2. The van der Waals surface area contributed by atoms with E-state index in [-0.39, 0.29) is 47.0 Å². The molecule has 0 unspecified atom stereocenters. The maximum Gasteiger partial charge on any atom is 0.340 e. The fourth-order valence-corrected chi connectivity index (χ4v) is 4.46. The number of benzene rings is 2. The molecule has 0 aliphatic rings. The van der Waals surface area contributed by atoms with Crippen LogP contribution in [-0.2, 0) is 16.6 Å². The van der Waals surface area contributed by atoms with E-state index in [9.17, 15) is 17.6 Å². The average Bonchev–Trinajstić information content (AvgIpc) is 2.80. The fraction of sp³-hybridized carbons (Fsp3) is 0.167. The minimum atomic E-state index is -3.93. The summed E-state index contributed by atoms with van der Waals surface area (Å²) in [4.78, 5) is 16.6. The first-order valence-electron chi connectivity index (χ1n) is 10.6. The molecular weight excluding hydrogens is 480 g/mol. The van der Waals surface area contributed by atoms with E-state index in [0.29, 0.717) is 10.9 Å². The van der Waals surface area contributed by atoms with Crippen molar-refractivity contribution in [2.24, 2.45) is 0 Å². The zero-order chi connectivity index (χ0) is 25.2. The summed E-state index contributed by atoms with van der Waals surface area (Å²) in [6.07, 6.45) is 1.26. The number of aryl methyl sites for hydroxylation is 1. The molecule has 2 heterocycles. The highest BCUT2D eigenvalue weighted by molar-refractivity contribution is 7.90. The molecule has 0 fully saturated rings. The van der Waals surface area contributed by atoms with E-state index in [0.717, 1.165) is 0 Å². The van der Waals surface area contributed by atoms with Gasteiger partial charge in [0.25, 0.3) is 16.1 Å². The molecule has 0 radical (unpaired) electrons. The number of halogens is 2. The lowest BCUT2D eigenvalue weighted by Crippen LogP contribution is -2.30. The Kier molecular flexibility index (Phi) is 6.81. The summed E-state index contributed by atoms with van der Waals surface area (Å²) >= 11 is 0. The number of rotatable bonds is 8. The summed E-state index contributed by atoms with van der Waals surface area (Å²) in [7, 11) is -3.93. The molecule has 11 heteroatoms. The highest BCUT2D eigenvalue weighted by Crippen LogP contribution is 2.29. The Bertz CT molecular complexity index is 1570. The van der Waals surface area contributed by atoms with Gasteiger partial charge < -0.3 is 9.15 Å². The molecule has 2 aromatic carbocycles. The van der Waals surface area contributed by atoms with Gasteiger partial charge in [-0.25, -0.2) is 18.6 Å². The zero-order valence-corrected chi connectivity index (χ0v) is 19.6. The Balaban J connectivity index is 1.66. The third-order valence-electron chi connectivity index (χ3n) is 5.22. The summed E-state index contributed by atoms with van der Waals surface area (Å²) in [5.41, 5.74) is 0.168. The van der Waals surface area contributed by atoms with Crippen LogP contribution in [0.25, 0.3) is 11.0 Å². The van der Waals surface area contributed by atoms with E-state index < -0.39 is 27.5 Å². The SMILES string of the molecule is CCNS(=O)(=O)Nc1cccc(Cc2c(C)c3ccc(Oc4ncccc4F)cc3oc2=O)c1F. The number of hydrogen-bond acceptors (Lipinski definition) is 6. The van der Waals surface area contributed by atoms with Gasteiger partial charge in [0.2, 0.25) is 0 Å². The fourth-order valence-electron chi connectivity index (χ4n) is 3.56. The van der Waals surface area contributed by atoms with Gasteiger partial charge in [-0.15, -0.1) is 0 Å². The number of nitrogens with one attached hydrogen (secondary N) is 2. The van der Waals surface area contributed by atoms with Gasteiger partial charge in [-0.2, -0.15) is 13.1 Å². The second-order valence-corrected chi connectivity index (χ2v) is 9.10. The van der Waals surface area contributed by atoms with Crippen molar-refractivity contribution in [1.29, 1.82) is 0 Å². The predicted molar refractivity (Wildman–Crippen MR) is 127 cm³/mol. The first-order valence-corrected chi connectivity index (χ1v) is 12.1. The van der Waals surface area contributed by atoms with Crippen molar-refractivity contribution in [3.8, 4) is 11.6 Å². The average molecular weight is 502 g/mol. The minimum absolute atomic E-state index is 0.113. The Hall–Kier alpha value is -3.83. The Morgan fingerprint density at radius 1 is 1.11 bits per heavy atom. The normalized spacial score (nSPS) is 11.5. The summed E-state index contributed by atoms with van der Waals surface area (Å²) < 4.78 is 68.0. The van der Waals surface area contributed by atoms with Gasteiger partial charge in [-0.05, 0) is 48.4 Å². The molecule has 0 saturated heterocycles. The van der Waals surface area contributed by atoms with Gasteiger partial charge in [0.15, 0.2) is 11.6 Å². The Morgan fingerprint density at radius 2 is 1.91 bits per heavy atom. The number of pyridine rings is 1. The van der Waals surface area contributed by atoms with Crippen LogP contribution in [-0.4, -0.2) is 19.9 Å². The monoisotopic (exact) mass is 501 g/mol. The molecule has 0 aliphatic carbocycles. The molecule has 4 aromatic rings. The third kappa shape index (κ3) is 5.31. The largest absolute Gasteiger partial charge is 0.436 e. The maximum atomic E-state index is 15.1. The first kappa shape index (κ1) is 24.3. The second-order valence-electron chi connectivity index (χ2n) is 7.60. The topological polar surface area (TPSA) is 111 Å². The number of ether oxygens (including phenoxy) is 1. The summed E-state index contributed by atoms with van der Waals surface area (Å²) in [5, 5.41) is 0.581.